The zero-order valence-corrected chi connectivity index (χ0v) is 16.6. The van der Waals surface area contributed by atoms with Crippen LogP contribution in [-0.2, 0) is 21.1 Å². The maximum Gasteiger partial charge on any atom is 0.222 e. The maximum atomic E-state index is 12.6. The molecule has 1 aliphatic rings. The molecule has 4 nitrogen and oxygen atoms in total. The number of fused-ring (bicyclic) bond motifs is 1. The van der Waals surface area contributed by atoms with Crippen LogP contribution in [0.5, 0.6) is 0 Å². The lowest BCUT2D eigenvalue weighted by molar-refractivity contribution is -0.130. The van der Waals surface area contributed by atoms with Gasteiger partial charge in [0, 0.05) is 19.5 Å². The highest BCUT2D eigenvalue weighted by Gasteiger charge is 2.41. The minimum absolute atomic E-state index is 0.0459. The van der Waals surface area contributed by atoms with Crippen LogP contribution in [0.3, 0.4) is 0 Å². The molecule has 1 unspecified atom stereocenters. The molecule has 0 spiro atoms. The zero-order chi connectivity index (χ0) is 18.9. The number of nitrogens with zero attached hydrogens (tertiary/aromatic N) is 1. The van der Waals surface area contributed by atoms with Crippen LogP contribution in [0.1, 0.15) is 39.2 Å². The normalized spacial score (nSPS) is 18.4. The summed E-state index contributed by atoms with van der Waals surface area (Å²) in [6.07, 6.45) is 1.63. The number of carbonyl (C=O) groups excluding carboxylic acids is 1. The van der Waals surface area contributed by atoms with Crippen molar-refractivity contribution in [2.75, 3.05) is 13.1 Å². The average molecular weight is 374 g/mol. The van der Waals surface area contributed by atoms with E-state index in [2.05, 4.69) is 24.3 Å². The molecule has 0 saturated carbocycles. The molecular formula is C21H27NO3S. The summed E-state index contributed by atoms with van der Waals surface area (Å²) >= 11 is 0. The first-order valence-electron chi connectivity index (χ1n) is 9.18. The summed E-state index contributed by atoms with van der Waals surface area (Å²) in [5, 5.41) is 1.91. The van der Waals surface area contributed by atoms with Crippen molar-refractivity contribution >= 4 is 26.5 Å². The number of carbonyl (C=O) groups is 1. The third-order valence-corrected chi connectivity index (χ3v) is 8.25. The van der Waals surface area contributed by atoms with Crippen molar-refractivity contribution in [2.45, 2.75) is 50.0 Å². The molecule has 1 heterocycles. The number of rotatable bonds is 4. The van der Waals surface area contributed by atoms with Crippen molar-refractivity contribution < 1.29 is 13.2 Å². The molecular weight excluding hydrogens is 346 g/mol. The summed E-state index contributed by atoms with van der Waals surface area (Å²) < 4.78 is 24.4. The molecule has 1 atom stereocenters. The van der Waals surface area contributed by atoms with Gasteiger partial charge in [-0.3, -0.25) is 4.79 Å². The number of amides is 1. The number of hydrogen-bond donors (Lipinski definition) is 0. The predicted molar refractivity (Wildman–Crippen MR) is 106 cm³/mol. The fraction of sp³-hybridized carbons (Fsp3) is 0.476. The van der Waals surface area contributed by atoms with Crippen LogP contribution in [0.25, 0.3) is 10.8 Å². The van der Waals surface area contributed by atoms with Gasteiger partial charge in [0.05, 0.1) is 10.00 Å². The summed E-state index contributed by atoms with van der Waals surface area (Å²) in [6.45, 7) is 6.05. The van der Waals surface area contributed by atoms with E-state index in [0.29, 0.717) is 32.4 Å². The molecule has 2 aromatic carbocycles. The summed E-state index contributed by atoms with van der Waals surface area (Å²) in [4.78, 5) is 14.3. The predicted octanol–water partition coefficient (Wildman–Crippen LogP) is 3.59. The highest BCUT2D eigenvalue weighted by molar-refractivity contribution is 7.93. The summed E-state index contributed by atoms with van der Waals surface area (Å²) in [7, 11) is -3.23. The van der Waals surface area contributed by atoms with E-state index < -0.39 is 19.8 Å². The van der Waals surface area contributed by atoms with E-state index in [1.807, 2.05) is 18.2 Å². The van der Waals surface area contributed by atoms with Crippen LogP contribution in [0.2, 0.25) is 0 Å². The molecule has 1 aliphatic heterocycles. The standard InChI is InChI=1S/C21H27NO3S/c1-21(2,3)26(24,25)18-13-14-22(15-18)20(23)12-11-17-9-6-8-16-7-4-5-10-19(16)17/h4-10,18H,11-15H2,1-3H3. The second-order valence-electron chi connectivity index (χ2n) is 8.05. The Morgan fingerprint density at radius 1 is 1.12 bits per heavy atom. The molecule has 0 radical (unpaired) electrons. The molecule has 2 aromatic rings. The van der Waals surface area contributed by atoms with Crippen molar-refractivity contribution in [3.8, 4) is 0 Å². The molecule has 0 N–H and O–H groups in total. The van der Waals surface area contributed by atoms with Crippen LogP contribution < -0.4 is 0 Å². The van der Waals surface area contributed by atoms with Crippen LogP contribution in [0.4, 0.5) is 0 Å². The molecule has 5 heteroatoms. The molecule has 0 aromatic heterocycles. The Balaban J connectivity index is 1.65. The van der Waals surface area contributed by atoms with E-state index in [0.717, 1.165) is 5.56 Å². The number of benzene rings is 2. The SMILES string of the molecule is CC(C)(C)S(=O)(=O)C1CCN(C(=O)CCc2cccc3ccccc23)C1. The number of aryl methyl sites for hydroxylation is 1. The highest BCUT2D eigenvalue weighted by Crippen LogP contribution is 2.28. The van der Waals surface area contributed by atoms with E-state index in [4.69, 9.17) is 0 Å². The topological polar surface area (TPSA) is 54.5 Å². The molecule has 26 heavy (non-hydrogen) atoms. The largest absolute Gasteiger partial charge is 0.341 e. The average Bonchev–Trinajstić information content (AvgIpc) is 3.09. The van der Waals surface area contributed by atoms with E-state index >= 15 is 0 Å². The number of likely N-dealkylation sites (tertiary alicyclic amines) is 1. The van der Waals surface area contributed by atoms with Gasteiger partial charge in [-0.1, -0.05) is 42.5 Å². The first-order chi connectivity index (χ1) is 12.2. The Morgan fingerprint density at radius 3 is 2.54 bits per heavy atom. The van der Waals surface area contributed by atoms with Gasteiger partial charge in [0.2, 0.25) is 5.91 Å². The van der Waals surface area contributed by atoms with Gasteiger partial charge in [-0.25, -0.2) is 8.42 Å². The van der Waals surface area contributed by atoms with Crippen LogP contribution >= 0.6 is 0 Å². The molecule has 3 rings (SSSR count). The van der Waals surface area contributed by atoms with Gasteiger partial charge in [0.15, 0.2) is 9.84 Å². The van der Waals surface area contributed by atoms with E-state index in [-0.39, 0.29) is 5.91 Å². The van der Waals surface area contributed by atoms with Gasteiger partial charge in [0.25, 0.3) is 0 Å². The lowest BCUT2D eigenvalue weighted by Crippen LogP contribution is -2.39. The molecule has 1 saturated heterocycles. The molecule has 0 bridgehead atoms. The van der Waals surface area contributed by atoms with Crippen molar-refractivity contribution in [3.05, 3.63) is 48.0 Å². The van der Waals surface area contributed by atoms with E-state index in [1.165, 1.54) is 10.8 Å². The third-order valence-electron chi connectivity index (χ3n) is 5.28. The smallest absolute Gasteiger partial charge is 0.222 e. The van der Waals surface area contributed by atoms with Crippen molar-refractivity contribution in [2.24, 2.45) is 0 Å². The lowest BCUT2D eigenvalue weighted by atomic mass is 10.0. The summed E-state index contributed by atoms with van der Waals surface area (Å²) in [5.74, 6) is 0.0459. The molecule has 1 amide bonds. The number of sulfone groups is 1. The second kappa shape index (κ2) is 7.03. The number of hydrogen-bond acceptors (Lipinski definition) is 3. The Kier molecular flexibility index (Phi) is 5.11. The molecule has 1 fully saturated rings. The van der Waals surface area contributed by atoms with Gasteiger partial charge in [-0.2, -0.15) is 0 Å². The van der Waals surface area contributed by atoms with Gasteiger partial charge < -0.3 is 4.90 Å². The van der Waals surface area contributed by atoms with Gasteiger partial charge in [0.1, 0.15) is 0 Å². The molecule has 0 aliphatic carbocycles. The van der Waals surface area contributed by atoms with Gasteiger partial charge in [-0.15, -0.1) is 0 Å². The van der Waals surface area contributed by atoms with Crippen molar-refractivity contribution in [1.82, 2.24) is 4.90 Å². The van der Waals surface area contributed by atoms with Crippen LogP contribution in [0.15, 0.2) is 42.5 Å². The summed E-state index contributed by atoms with van der Waals surface area (Å²) in [6, 6.07) is 14.3. The van der Waals surface area contributed by atoms with Gasteiger partial charge in [-0.05, 0) is 49.9 Å². The fourth-order valence-corrected chi connectivity index (χ4v) is 5.41. The monoisotopic (exact) mass is 373 g/mol. The van der Waals surface area contributed by atoms with Crippen molar-refractivity contribution in [3.63, 3.8) is 0 Å². The fourth-order valence-electron chi connectivity index (χ4n) is 3.62. The third kappa shape index (κ3) is 3.63. The second-order valence-corrected chi connectivity index (χ2v) is 11.0. The maximum absolute atomic E-state index is 12.6. The van der Waals surface area contributed by atoms with E-state index in [9.17, 15) is 13.2 Å². The first kappa shape index (κ1) is 18.9. The Hall–Kier alpha value is -1.88. The quantitative estimate of drug-likeness (QED) is 0.823. The lowest BCUT2D eigenvalue weighted by Gasteiger charge is -2.24. The van der Waals surface area contributed by atoms with Crippen molar-refractivity contribution in [1.29, 1.82) is 0 Å². The molecule has 140 valence electrons. The minimum atomic E-state index is -3.23. The Morgan fingerprint density at radius 2 is 1.81 bits per heavy atom. The first-order valence-corrected chi connectivity index (χ1v) is 10.7. The minimum Gasteiger partial charge on any atom is -0.341 e. The van der Waals surface area contributed by atoms with E-state index in [1.54, 1.807) is 25.7 Å². The zero-order valence-electron chi connectivity index (χ0n) is 15.7. The Bertz CT molecular complexity index is 907. The summed E-state index contributed by atoms with van der Waals surface area (Å²) in [5.41, 5.74) is 1.16. The van der Waals surface area contributed by atoms with Crippen LogP contribution in [-0.4, -0.2) is 42.3 Å². The van der Waals surface area contributed by atoms with Crippen LogP contribution in [0, 0.1) is 0 Å². The highest BCUT2D eigenvalue weighted by atomic mass is 32.2. The Labute approximate surface area is 156 Å². The van der Waals surface area contributed by atoms with Gasteiger partial charge >= 0.3 is 0 Å².